The molecular formula is C11H13N3O. The van der Waals surface area contributed by atoms with Gasteiger partial charge in [-0.05, 0) is 19.1 Å². The smallest absolute Gasteiger partial charge is 0.112 e. The maximum Gasteiger partial charge on any atom is 0.112 e. The molecule has 4 heteroatoms. The van der Waals surface area contributed by atoms with Crippen molar-refractivity contribution in [3.8, 4) is 0 Å². The highest BCUT2D eigenvalue weighted by atomic mass is 16.3. The fraction of sp³-hybridized carbons (Fsp3) is 0.273. The molecule has 0 aliphatic carbocycles. The quantitative estimate of drug-likeness (QED) is 0.764. The van der Waals surface area contributed by atoms with Crippen LogP contribution in [0.25, 0.3) is 11.0 Å². The molecule has 2 unspecified atom stereocenters. The van der Waals surface area contributed by atoms with E-state index >= 15 is 0 Å². The first kappa shape index (κ1) is 10.0. The van der Waals surface area contributed by atoms with E-state index in [2.05, 4.69) is 9.97 Å². The maximum atomic E-state index is 9.73. The zero-order chi connectivity index (χ0) is 10.8. The average molecular weight is 203 g/mol. The lowest BCUT2D eigenvalue weighted by atomic mass is 10.1. The highest BCUT2D eigenvalue weighted by Crippen LogP contribution is 2.15. The predicted octanol–water partition coefficient (Wildman–Crippen LogP) is 1.01. The van der Waals surface area contributed by atoms with Crippen LogP contribution in [0, 0.1) is 0 Å². The van der Waals surface area contributed by atoms with Gasteiger partial charge in [0.05, 0.1) is 22.9 Å². The van der Waals surface area contributed by atoms with Crippen LogP contribution in [0.4, 0.5) is 0 Å². The fourth-order valence-corrected chi connectivity index (χ4v) is 1.38. The number of rotatable bonds is 2. The Balaban J connectivity index is 2.47. The van der Waals surface area contributed by atoms with Gasteiger partial charge in [-0.15, -0.1) is 0 Å². The van der Waals surface area contributed by atoms with E-state index in [1.165, 1.54) is 0 Å². The highest BCUT2D eigenvalue weighted by molar-refractivity contribution is 5.73. The molecular weight excluding hydrogens is 190 g/mol. The van der Waals surface area contributed by atoms with E-state index in [9.17, 15) is 5.11 Å². The molecule has 1 heterocycles. The molecule has 3 N–H and O–H groups in total. The Morgan fingerprint density at radius 2 is 1.93 bits per heavy atom. The number of aliphatic hydroxyl groups excluding tert-OH is 1. The molecule has 2 rings (SSSR count). The summed E-state index contributed by atoms with van der Waals surface area (Å²) >= 11 is 0. The monoisotopic (exact) mass is 203 g/mol. The topological polar surface area (TPSA) is 72.0 Å². The van der Waals surface area contributed by atoms with E-state index in [0.717, 1.165) is 11.0 Å². The molecule has 0 aliphatic rings. The summed E-state index contributed by atoms with van der Waals surface area (Å²) in [5.74, 6) is 0. The second-order valence-electron chi connectivity index (χ2n) is 3.59. The van der Waals surface area contributed by atoms with Crippen molar-refractivity contribution in [2.75, 3.05) is 0 Å². The van der Waals surface area contributed by atoms with Crippen LogP contribution < -0.4 is 5.73 Å². The van der Waals surface area contributed by atoms with Crippen LogP contribution in [-0.4, -0.2) is 21.1 Å². The van der Waals surface area contributed by atoms with Crippen molar-refractivity contribution in [2.24, 2.45) is 5.73 Å². The summed E-state index contributed by atoms with van der Waals surface area (Å²) in [7, 11) is 0. The van der Waals surface area contributed by atoms with Gasteiger partial charge in [0, 0.05) is 6.04 Å². The van der Waals surface area contributed by atoms with Crippen molar-refractivity contribution in [1.82, 2.24) is 9.97 Å². The lowest BCUT2D eigenvalue weighted by molar-refractivity contribution is 0.149. The van der Waals surface area contributed by atoms with Gasteiger partial charge in [-0.3, -0.25) is 4.98 Å². The number of aliphatic hydroxyl groups is 1. The summed E-state index contributed by atoms with van der Waals surface area (Å²) < 4.78 is 0. The standard InChI is InChI=1S/C11H13N3O/c1-7(12)11(15)10-6-13-8-4-2-3-5-9(8)14-10/h2-7,11,15H,12H2,1H3. The zero-order valence-corrected chi connectivity index (χ0v) is 8.46. The number of hydrogen-bond donors (Lipinski definition) is 2. The number of benzene rings is 1. The van der Waals surface area contributed by atoms with Gasteiger partial charge in [0.25, 0.3) is 0 Å². The van der Waals surface area contributed by atoms with Crippen LogP contribution in [-0.2, 0) is 0 Å². The lowest BCUT2D eigenvalue weighted by Gasteiger charge is -2.13. The molecule has 15 heavy (non-hydrogen) atoms. The number of nitrogens with zero attached hydrogens (tertiary/aromatic N) is 2. The maximum absolute atomic E-state index is 9.73. The number of nitrogens with two attached hydrogens (primary N) is 1. The fourth-order valence-electron chi connectivity index (χ4n) is 1.38. The van der Waals surface area contributed by atoms with Gasteiger partial charge in [-0.1, -0.05) is 12.1 Å². The Morgan fingerprint density at radius 1 is 1.27 bits per heavy atom. The normalized spacial score (nSPS) is 15.1. The van der Waals surface area contributed by atoms with E-state index < -0.39 is 6.10 Å². The summed E-state index contributed by atoms with van der Waals surface area (Å²) in [6, 6.07) is 7.18. The minimum Gasteiger partial charge on any atom is -0.385 e. The van der Waals surface area contributed by atoms with E-state index in [0.29, 0.717) is 5.69 Å². The van der Waals surface area contributed by atoms with E-state index in [1.807, 2.05) is 24.3 Å². The number of para-hydroxylation sites is 2. The van der Waals surface area contributed by atoms with Gasteiger partial charge in [0.2, 0.25) is 0 Å². The van der Waals surface area contributed by atoms with Crippen LogP contribution >= 0.6 is 0 Å². The summed E-state index contributed by atoms with van der Waals surface area (Å²) in [4.78, 5) is 8.51. The van der Waals surface area contributed by atoms with Crippen molar-refractivity contribution in [3.63, 3.8) is 0 Å². The Hall–Kier alpha value is -1.52. The van der Waals surface area contributed by atoms with E-state index in [4.69, 9.17) is 5.73 Å². The van der Waals surface area contributed by atoms with Crippen LogP contribution in [0.2, 0.25) is 0 Å². The first-order valence-corrected chi connectivity index (χ1v) is 4.84. The molecule has 2 aromatic rings. The SMILES string of the molecule is CC(N)C(O)c1cnc2ccccc2n1. The predicted molar refractivity (Wildman–Crippen MR) is 58.1 cm³/mol. The second-order valence-corrected chi connectivity index (χ2v) is 3.59. The lowest BCUT2D eigenvalue weighted by Crippen LogP contribution is -2.25. The highest BCUT2D eigenvalue weighted by Gasteiger charge is 2.14. The molecule has 2 atom stereocenters. The molecule has 0 radical (unpaired) electrons. The molecule has 0 aliphatic heterocycles. The minimum absolute atomic E-state index is 0.347. The van der Waals surface area contributed by atoms with Crippen molar-refractivity contribution >= 4 is 11.0 Å². The van der Waals surface area contributed by atoms with Gasteiger partial charge >= 0.3 is 0 Å². The van der Waals surface area contributed by atoms with Gasteiger partial charge < -0.3 is 10.8 Å². The minimum atomic E-state index is -0.762. The van der Waals surface area contributed by atoms with Crippen LogP contribution in [0.5, 0.6) is 0 Å². The summed E-state index contributed by atoms with van der Waals surface area (Å²) in [5.41, 5.74) is 7.70. The third kappa shape index (κ3) is 1.95. The van der Waals surface area contributed by atoms with Crippen LogP contribution in [0.3, 0.4) is 0 Å². The molecule has 0 saturated carbocycles. The first-order chi connectivity index (χ1) is 7.18. The molecule has 0 saturated heterocycles. The van der Waals surface area contributed by atoms with Crippen LogP contribution in [0.1, 0.15) is 18.7 Å². The third-order valence-electron chi connectivity index (χ3n) is 2.27. The number of aromatic nitrogens is 2. The van der Waals surface area contributed by atoms with Gasteiger partial charge in [0.15, 0.2) is 0 Å². The Kier molecular flexibility index (Phi) is 2.62. The zero-order valence-electron chi connectivity index (χ0n) is 8.46. The van der Waals surface area contributed by atoms with Crippen molar-refractivity contribution < 1.29 is 5.11 Å². The van der Waals surface area contributed by atoms with Crippen molar-refractivity contribution in [3.05, 3.63) is 36.2 Å². The molecule has 0 amide bonds. The Labute approximate surface area is 87.8 Å². The number of hydrogen-bond acceptors (Lipinski definition) is 4. The summed E-state index contributed by atoms with van der Waals surface area (Å²) in [6.07, 6.45) is 0.804. The molecule has 0 fully saturated rings. The molecule has 1 aromatic carbocycles. The summed E-state index contributed by atoms with van der Waals surface area (Å²) in [6.45, 7) is 1.74. The van der Waals surface area contributed by atoms with Crippen molar-refractivity contribution in [2.45, 2.75) is 19.1 Å². The van der Waals surface area contributed by atoms with E-state index in [1.54, 1.807) is 13.1 Å². The largest absolute Gasteiger partial charge is 0.385 e. The van der Waals surface area contributed by atoms with Gasteiger partial charge in [0.1, 0.15) is 6.10 Å². The van der Waals surface area contributed by atoms with Gasteiger partial charge in [-0.25, -0.2) is 4.98 Å². The molecule has 0 bridgehead atoms. The molecule has 1 aromatic heterocycles. The third-order valence-corrected chi connectivity index (χ3v) is 2.27. The van der Waals surface area contributed by atoms with Crippen LogP contribution in [0.15, 0.2) is 30.5 Å². The molecule has 78 valence electrons. The van der Waals surface area contributed by atoms with Gasteiger partial charge in [-0.2, -0.15) is 0 Å². The number of fused-ring (bicyclic) bond motifs is 1. The average Bonchev–Trinajstić information content (AvgIpc) is 2.27. The Morgan fingerprint density at radius 3 is 2.60 bits per heavy atom. The first-order valence-electron chi connectivity index (χ1n) is 4.84. The Bertz CT molecular complexity index is 470. The second kappa shape index (κ2) is 3.92. The summed E-state index contributed by atoms with van der Waals surface area (Å²) in [5, 5.41) is 9.73. The van der Waals surface area contributed by atoms with E-state index in [-0.39, 0.29) is 6.04 Å². The van der Waals surface area contributed by atoms with Crippen molar-refractivity contribution in [1.29, 1.82) is 0 Å². The molecule has 4 nitrogen and oxygen atoms in total. The molecule has 0 spiro atoms.